The van der Waals surface area contributed by atoms with Crippen LogP contribution >= 0.6 is 0 Å². The van der Waals surface area contributed by atoms with Crippen molar-refractivity contribution in [1.82, 2.24) is 9.97 Å². The summed E-state index contributed by atoms with van der Waals surface area (Å²) in [5, 5.41) is 3.40. The molecule has 0 spiro atoms. The number of nitrogens with one attached hydrogen (secondary N) is 2. The first-order valence-corrected chi connectivity index (χ1v) is 6.71. The van der Waals surface area contributed by atoms with Crippen LogP contribution in [0, 0.1) is 13.8 Å². The fourth-order valence-electron chi connectivity index (χ4n) is 2.03. The van der Waals surface area contributed by atoms with Gasteiger partial charge in [-0.1, -0.05) is 0 Å². The Labute approximate surface area is 118 Å². The lowest BCUT2D eigenvalue weighted by Crippen LogP contribution is -2.20. The van der Waals surface area contributed by atoms with E-state index in [0.717, 1.165) is 30.0 Å². The molecule has 0 aliphatic heterocycles. The molecule has 0 aliphatic carbocycles. The van der Waals surface area contributed by atoms with E-state index >= 15 is 0 Å². The van der Waals surface area contributed by atoms with Crippen LogP contribution in [0.15, 0.2) is 22.8 Å². The summed E-state index contributed by atoms with van der Waals surface area (Å²) in [6, 6.07) is 4.17. The van der Waals surface area contributed by atoms with Crippen molar-refractivity contribution in [2.75, 3.05) is 10.7 Å². The minimum atomic E-state index is 0.277. The summed E-state index contributed by atoms with van der Waals surface area (Å²) in [6.45, 7) is 5.91. The minimum Gasteiger partial charge on any atom is -0.469 e. The first-order chi connectivity index (χ1) is 9.60. The summed E-state index contributed by atoms with van der Waals surface area (Å²) in [4.78, 5) is 8.67. The number of anilines is 2. The van der Waals surface area contributed by atoms with Crippen molar-refractivity contribution in [2.45, 2.75) is 39.7 Å². The standard InChI is InChI=1S/C14H21N5O/c1-9(6-7-12-5-4-8-20-12)16-13-10(2)14(19-15)18-11(3)17-13/h4-5,8-9H,6-7,15H2,1-3H3,(H2,16,17,18,19). The molecule has 20 heavy (non-hydrogen) atoms. The number of aromatic nitrogens is 2. The van der Waals surface area contributed by atoms with Crippen molar-refractivity contribution < 1.29 is 4.42 Å². The highest BCUT2D eigenvalue weighted by molar-refractivity contribution is 5.56. The van der Waals surface area contributed by atoms with Crippen molar-refractivity contribution in [3.63, 3.8) is 0 Å². The molecule has 0 saturated heterocycles. The Morgan fingerprint density at radius 1 is 1.30 bits per heavy atom. The van der Waals surface area contributed by atoms with Gasteiger partial charge >= 0.3 is 0 Å². The van der Waals surface area contributed by atoms with E-state index in [2.05, 4.69) is 27.6 Å². The number of nitrogens with zero attached hydrogens (tertiary/aromatic N) is 2. The van der Waals surface area contributed by atoms with Gasteiger partial charge in [-0.15, -0.1) is 0 Å². The topological polar surface area (TPSA) is 89.0 Å². The van der Waals surface area contributed by atoms with E-state index in [9.17, 15) is 0 Å². The maximum Gasteiger partial charge on any atom is 0.148 e. The molecule has 2 heterocycles. The van der Waals surface area contributed by atoms with Crippen LogP contribution < -0.4 is 16.6 Å². The van der Waals surface area contributed by atoms with Gasteiger partial charge in [0.15, 0.2) is 0 Å². The Balaban J connectivity index is 2.00. The SMILES string of the molecule is Cc1nc(NN)c(C)c(NC(C)CCc2ccco2)n1. The molecule has 0 bridgehead atoms. The van der Waals surface area contributed by atoms with E-state index in [1.165, 1.54) is 0 Å². The van der Waals surface area contributed by atoms with E-state index in [1.807, 2.05) is 26.0 Å². The minimum absolute atomic E-state index is 0.277. The molecule has 1 unspecified atom stereocenters. The average Bonchev–Trinajstić information content (AvgIpc) is 2.93. The third-order valence-electron chi connectivity index (χ3n) is 3.18. The zero-order valence-electron chi connectivity index (χ0n) is 12.1. The van der Waals surface area contributed by atoms with Gasteiger partial charge in [0.1, 0.15) is 23.2 Å². The highest BCUT2D eigenvalue weighted by Crippen LogP contribution is 2.20. The van der Waals surface area contributed by atoms with E-state index in [-0.39, 0.29) is 6.04 Å². The van der Waals surface area contributed by atoms with Crippen molar-refractivity contribution in [3.05, 3.63) is 35.5 Å². The van der Waals surface area contributed by atoms with E-state index < -0.39 is 0 Å². The number of rotatable bonds is 6. The number of hydrogen-bond donors (Lipinski definition) is 3. The summed E-state index contributed by atoms with van der Waals surface area (Å²) in [6.07, 6.45) is 3.55. The van der Waals surface area contributed by atoms with E-state index in [0.29, 0.717) is 11.6 Å². The van der Waals surface area contributed by atoms with Crippen molar-refractivity contribution in [2.24, 2.45) is 5.84 Å². The molecule has 1 atom stereocenters. The predicted octanol–water partition coefficient (Wildman–Crippen LogP) is 2.41. The Morgan fingerprint density at radius 3 is 2.70 bits per heavy atom. The molecule has 0 saturated carbocycles. The number of nitrogen functional groups attached to an aromatic ring is 1. The maximum atomic E-state index is 5.46. The lowest BCUT2D eigenvalue weighted by Gasteiger charge is -2.17. The summed E-state index contributed by atoms with van der Waals surface area (Å²) >= 11 is 0. The molecule has 108 valence electrons. The normalized spacial score (nSPS) is 12.2. The largest absolute Gasteiger partial charge is 0.469 e. The maximum absolute atomic E-state index is 5.46. The molecule has 0 amide bonds. The molecule has 6 nitrogen and oxygen atoms in total. The first-order valence-electron chi connectivity index (χ1n) is 6.71. The second kappa shape index (κ2) is 6.38. The molecule has 4 N–H and O–H groups in total. The van der Waals surface area contributed by atoms with Crippen molar-refractivity contribution in [3.8, 4) is 0 Å². The van der Waals surface area contributed by atoms with Crippen LogP contribution in [0.5, 0.6) is 0 Å². The zero-order chi connectivity index (χ0) is 14.5. The van der Waals surface area contributed by atoms with Gasteiger partial charge in [-0.2, -0.15) is 0 Å². The number of hydrogen-bond acceptors (Lipinski definition) is 6. The fourth-order valence-corrected chi connectivity index (χ4v) is 2.03. The summed E-state index contributed by atoms with van der Waals surface area (Å²) in [7, 11) is 0. The third kappa shape index (κ3) is 3.48. The molecule has 6 heteroatoms. The third-order valence-corrected chi connectivity index (χ3v) is 3.18. The van der Waals surface area contributed by atoms with Crippen LogP contribution in [0.1, 0.15) is 30.5 Å². The number of hydrazine groups is 1. The van der Waals surface area contributed by atoms with Crippen molar-refractivity contribution in [1.29, 1.82) is 0 Å². The van der Waals surface area contributed by atoms with Gasteiger partial charge in [0.2, 0.25) is 0 Å². The van der Waals surface area contributed by atoms with Crippen LogP contribution in [0.2, 0.25) is 0 Å². The monoisotopic (exact) mass is 275 g/mol. The van der Waals surface area contributed by atoms with Gasteiger partial charge < -0.3 is 15.2 Å². The molecule has 2 aromatic heterocycles. The second-order valence-electron chi connectivity index (χ2n) is 4.90. The lowest BCUT2D eigenvalue weighted by molar-refractivity contribution is 0.494. The first kappa shape index (κ1) is 14.3. The van der Waals surface area contributed by atoms with Crippen LogP contribution in [-0.2, 0) is 6.42 Å². The second-order valence-corrected chi connectivity index (χ2v) is 4.90. The number of nitrogens with two attached hydrogens (primary N) is 1. The summed E-state index contributed by atoms with van der Waals surface area (Å²) in [5.41, 5.74) is 3.52. The van der Waals surface area contributed by atoms with Gasteiger partial charge in [0.05, 0.1) is 6.26 Å². The van der Waals surface area contributed by atoms with Crippen LogP contribution in [0.4, 0.5) is 11.6 Å². The molecular weight excluding hydrogens is 254 g/mol. The molecule has 2 rings (SSSR count). The van der Waals surface area contributed by atoms with Gasteiger partial charge in [-0.3, -0.25) is 0 Å². The van der Waals surface area contributed by atoms with Crippen LogP contribution in [-0.4, -0.2) is 16.0 Å². The number of aryl methyl sites for hydroxylation is 2. The fraction of sp³-hybridized carbons (Fsp3) is 0.429. The highest BCUT2D eigenvalue weighted by atomic mass is 16.3. The highest BCUT2D eigenvalue weighted by Gasteiger charge is 2.11. The molecule has 0 radical (unpaired) electrons. The van der Waals surface area contributed by atoms with E-state index in [4.69, 9.17) is 10.3 Å². The van der Waals surface area contributed by atoms with Crippen LogP contribution in [0.25, 0.3) is 0 Å². The molecular formula is C14H21N5O. The van der Waals surface area contributed by atoms with Crippen LogP contribution in [0.3, 0.4) is 0 Å². The Bertz CT molecular complexity index is 553. The Morgan fingerprint density at radius 2 is 2.05 bits per heavy atom. The Hall–Kier alpha value is -2.08. The lowest BCUT2D eigenvalue weighted by atomic mass is 10.1. The van der Waals surface area contributed by atoms with Crippen molar-refractivity contribution >= 4 is 11.6 Å². The number of furan rings is 1. The zero-order valence-corrected chi connectivity index (χ0v) is 12.1. The quantitative estimate of drug-likeness (QED) is 0.554. The van der Waals surface area contributed by atoms with Gasteiger partial charge in [0.25, 0.3) is 0 Å². The van der Waals surface area contributed by atoms with Gasteiger partial charge in [-0.25, -0.2) is 15.8 Å². The molecule has 2 aromatic rings. The molecule has 0 aliphatic rings. The molecule has 0 fully saturated rings. The summed E-state index contributed by atoms with van der Waals surface area (Å²) in [5.74, 6) is 8.61. The summed E-state index contributed by atoms with van der Waals surface area (Å²) < 4.78 is 5.33. The van der Waals surface area contributed by atoms with Gasteiger partial charge in [0, 0.05) is 18.0 Å². The smallest absolute Gasteiger partial charge is 0.148 e. The van der Waals surface area contributed by atoms with Gasteiger partial charge in [-0.05, 0) is 39.3 Å². The molecule has 0 aromatic carbocycles. The van der Waals surface area contributed by atoms with E-state index in [1.54, 1.807) is 6.26 Å². The Kier molecular flexibility index (Phi) is 4.57. The predicted molar refractivity (Wildman–Crippen MR) is 79.4 cm³/mol. The average molecular weight is 275 g/mol.